The van der Waals surface area contributed by atoms with Crippen molar-refractivity contribution < 1.29 is 4.79 Å². The van der Waals surface area contributed by atoms with E-state index in [9.17, 15) is 4.79 Å². The molecule has 118 valence electrons. The molecular formula is C18H20N4O. The Morgan fingerprint density at radius 1 is 1.22 bits per heavy atom. The molecule has 0 aliphatic heterocycles. The predicted molar refractivity (Wildman–Crippen MR) is 92.3 cm³/mol. The van der Waals surface area contributed by atoms with Crippen LogP contribution < -0.4 is 5.73 Å². The Labute approximate surface area is 135 Å². The van der Waals surface area contributed by atoms with Gasteiger partial charge in [-0.2, -0.15) is 0 Å². The fraction of sp³-hybridized carbons (Fsp3) is 0.222. The number of imidazole rings is 1. The fourth-order valence-corrected chi connectivity index (χ4v) is 2.59. The number of amides is 1. The van der Waals surface area contributed by atoms with Crippen molar-refractivity contribution in [2.45, 2.75) is 6.42 Å². The van der Waals surface area contributed by atoms with Crippen LogP contribution in [0.15, 0.2) is 42.5 Å². The molecule has 0 aliphatic carbocycles. The van der Waals surface area contributed by atoms with Gasteiger partial charge in [-0.3, -0.25) is 4.79 Å². The molecule has 1 aromatic heterocycles. The molecule has 0 bridgehead atoms. The lowest BCUT2D eigenvalue weighted by atomic mass is 10.1. The molecule has 5 nitrogen and oxygen atoms in total. The van der Waals surface area contributed by atoms with E-state index in [1.165, 1.54) is 5.56 Å². The van der Waals surface area contributed by atoms with E-state index in [0.29, 0.717) is 11.1 Å². The van der Waals surface area contributed by atoms with Crippen LogP contribution in [0.1, 0.15) is 15.9 Å². The summed E-state index contributed by atoms with van der Waals surface area (Å²) in [6.45, 7) is 0.995. The second kappa shape index (κ2) is 6.22. The van der Waals surface area contributed by atoms with Crippen LogP contribution in [-0.4, -0.2) is 41.4 Å². The summed E-state index contributed by atoms with van der Waals surface area (Å²) in [7, 11) is 4.13. The number of likely N-dealkylation sites (N-methyl/N-ethyl adjacent to an activating group) is 1. The number of fused-ring (bicyclic) bond motifs is 1. The molecule has 3 aromatic rings. The Bertz CT molecular complexity index is 851. The molecule has 5 heteroatoms. The third kappa shape index (κ3) is 3.24. The third-order valence-corrected chi connectivity index (χ3v) is 3.83. The van der Waals surface area contributed by atoms with Crippen LogP contribution in [-0.2, 0) is 6.42 Å². The molecule has 3 rings (SSSR count). The Balaban J connectivity index is 1.99. The Kier molecular flexibility index (Phi) is 4.12. The van der Waals surface area contributed by atoms with Crippen LogP contribution in [0, 0.1) is 0 Å². The highest BCUT2D eigenvalue weighted by Gasteiger charge is 2.12. The van der Waals surface area contributed by atoms with Crippen molar-refractivity contribution >= 4 is 16.9 Å². The van der Waals surface area contributed by atoms with Gasteiger partial charge in [0.25, 0.3) is 5.91 Å². The molecule has 0 atom stereocenters. The fourth-order valence-electron chi connectivity index (χ4n) is 2.59. The zero-order valence-corrected chi connectivity index (χ0v) is 13.3. The van der Waals surface area contributed by atoms with Crippen LogP contribution in [0.2, 0.25) is 0 Å². The Hall–Kier alpha value is -2.66. The highest BCUT2D eigenvalue weighted by molar-refractivity contribution is 6.04. The van der Waals surface area contributed by atoms with E-state index in [4.69, 9.17) is 5.73 Å². The summed E-state index contributed by atoms with van der Waals surface area (Å²) in [5.74, 6) is 0.286. The molecule has 23 heavy (non-hydrogen) atoms. The van der Waals surface area contributed by atoms with E-state index < -0.39 is 5.91 Å². The van der Waals surface area contributed by atoms with Crippen LogP contribution in [0.25, 0.3) is 22.4 Å². The zero-order valence-electron chi connectivity index (χ0n) is 13.3. The lowest BCUT2D eigenvalue weighted by Crippen LogP contribution is -2.14. The minimum Gasteiger partial charge on any atom is -0.366 e. The second-order valence-corrected chi connectivity index (χ2v) is 5.91. The van der Waals surface area contributed by atoms with E-state index in [0.717, 1.165) is 29.9 Å². The summed E-state index contributed by atoms with van der Waals surface area (Å²) in [6, 6.07) is 13.7. The highest BCUT2D eigenvalue weighted by atomic mass is 16.1. The lowest BCUT2D eigenvalue weighted by Gasteiger charge is -2.09. The van der Waals surface area contributed by atoms with Crippen molar-refractivity contribution in [1.82, 2.24) is 14.9 Å². The molecule has 0 aliphatic rings. The normalized spacial score (nSPS) is 11.3. The number of benzene rings is 2. The smallest absolute Gasteiger partial charge is 0.250 e. The van der Waals surface area contributed by atoms with Gasteiger partial charge in [-0.15, -0.1) is 0 Å². The van der Waals surface area contributed by atoms with Crippen LogP contribution in [0.3, 0.4) is 0 Å². The zero-order chi connectivity index (χ0) is 16.4. The van der Waals surface area contributed by atoms with Crippen molar-refractivity contribution in [2.24, 2.45) is 5.73 Å². The van der Waals surface area contributed by atoms with Crippen molar-refractivity contribution in [3.63, 3.8) is 0 Å². The Morgan fingerprint density at radius 2 is 2.00 bits per heavy atom. The number of primary amides is 1. The first kappa shape index (κ1) is 15.2. The second-order valence-electron chi connectivity index (χ2n) is 5.91. The van der Waals surface area contributed by atoms with Gasteiger partial charge in [0.2, 0.25) is 0 Å². The van der Waals surface area contributed by atoms with E-state index >= 15 is 0 Å². The summed E-state index contributed by atoms with van der Waals surface area (Å²) in [6.07, 6.45) is 0.980. The first-order valence-electron chi connectivity index (χ1n) is 7.57. The van der Waals surface area contributed by atoms with E-state index in [-0.39, 0.29) is 0 Å². The summed E-state index contributed by atoms with van der Waals surface area (Å²) >= 11 is 0. The molecule has 1 amide bonds. The van der Waals surface area contributed by atoms with Gasteiger partial charge in [0.15, 0.2) is 0 Å². The van der Waals surface area contributed by atoms with Crippen LogP contribution in [0.4, 0.5) is 0 Å². The van der Waals surface area contributed by atoms with Gasteiger partial charge in [-0.25, -0.2) is 4.98 Å². The van der Waals surface area contributed by atoms with Gasteiger partial charge in [-0.1, -0.05) is 24.3 Å². The molecular weight excluding hydrogens is 288 g/mol. The first-order valence-corrected chi connectivity index (χ1v) is 7.57. The van der Waals surface area contributed by atoms with Gasteiger partial charge < -0.3 is 15.6 Å². The predicted octanol–water partition coefficient (Wildman–Crippen LogP) is 2.43. The number of aromatic amines is 1. The molecule has 3 N–H and O–H groups in total. The van der Waals surface area contributed by atoms with E-state index in [1.54, 1.807) is 12.1 Å². The standard InChI is InChI=1S/C18H20N4O/c1-22(2)10-9-12-5-3-6-13(11-12)18-20-15-8-4-7-14(17(19)23)16(15)21-18/h3-8,11H,9-10H2,1-2H3,(H2,19,23)(H,20,21). The minimum absolute atomic E-state index is 0.439. The number of hydrogen-bond acceptors (Lipinski definition) is 3. The highest BCUT2D eigenvalue weighted by Crippen LogP contribution is 2.23. The molecule has 0 spiro atoms. The van der Waals surface area contributed by atoms with Crippen LogP contribution >= 0.6 is 0 Å². The van der Waals surface area contributed by atoms with E-state index in [1.807, 2.05) is 18.2 Å². The quantitative estimate of drug-likeness (QED) is 0.760. The lowest BCUT2D eigenvalue weighted by molar-refractivity contribution is 0.100. The van der Waals surface area contributed by atoms with Crippen molar-refractivity contribution in [1.29, 1.82) is 0 Å². The molecule has 2 aromatic carbocycles. The van der Waals surface area contributed by atoms with Gasteiger partial charge in [-0.05, 0) is 44.3 Å². The first-order chi connectivity index (χ1) is 11.0. The average molecular weight is 308 g/mol. The molecule has 0 fully saturated rings. The average Bonchev–Trinajstić information content (AvgIpc) is 2.97. The molecule has 0 saturated heterocycles. The maximum atomic E-state index is 11.5. The molecule has 0 radical (unpaired) electrons. The molecule has 0 unspecified atom stereocenters. The van der Waals surface area contributed by atoms with Gasteiger partial charge in [0, 0.05) is 12.1 Å². The number of carbonyl (C=O) groups is 1. The van der Waals surface area contributed by atoms with Crippen molar-refractivity contribution in [3.8, 4) is 11.4 Å². The number of carbonyl (C=O) groups excluding carboxylic acids is 1. The summed E-state index contributed by atoms with van der Waals surface area (Å²) in [5.41, 5.74) is 9.56. The number of H-pyrrole nitrogens is 1. The van der Waals surface area contributed by atoms with Crippen molar-refractivity contribution in [2.75, 3.05) is 20.6 Å². The van der Waals surface area contributed by atoms with E-state index in [2.05, 4.69) is 41.1 Å². The number of rotatable bonds is 5. The number of nitrogens with one attached hydrogen (secondary N) is 1. The summed E-state index contributed by atoms with van der Waals surface area (Å²) in [5, 5.41) is 0. The SMILES string of the molecule is CN(C)CCc1cccc(-c2nc3c(C(N)=O)cccc3[nH]2)c1. The third-order valence-electron chi connectivity index (χ3n) is 3.83. The Morgan fingerprint density at radius 3 is 2.74 bits per heavy atom. The monoisotopic (exact) mass is 308 g/mol. The van der Waals surface area contributed by atoms with Gasteiger partial charge in [0.1, 0.15) is 11.3 Å². The number of hydrogen-bond donors (Lipinski definition) is 2. The maximum Gasteiger partial charge on any atom is 0.250 e. The summed E-state index contributed by atoms with van der Waals surface area (Å²) < 4.78 is 0. The minimum atomic E-state index is -0.464. The number of nitrogens with zero attached hydrogens (tertiary/aromatic N) is 2. The van der Waals surface area contributed by atoms with Gasteiger partial charge >= 0.3 is 0 Å². The number of nitrogens with two attached hydrogens (primary N) is 1. The molecule has 1 heterocycles. The maximum absolute atomic E-state index is 11.5. The van der Waals surface area contributed by atoms with Crippen molar-refractivity contribution in [3.05, 3.63) is 53.6 Å². The topological polar surface area (TPSA) is 75.0 Å². The van der Waals surface area contributed by atoms with Gasteiger partial charge in [0.05, 0.1) is 11.1 Å². The van der Waals surface area contributed by atoms with Crippen LogP contribution in [0.5, 0.6) is 0 Å². The largest absolute Gasteiger partial charge is 0.366 e. The summed E-state index contributed by atoms with van der Waals surface area (Å²) in [4.78, 5) is 21.5. The number of para-hydroxylation sites is 1. The number of aromatic nitrogens is 2. The molecule has 0 saturated carbocycles.